The number of benzene rings is 1. The van der Waals surface area contributed by atoms with Crippen LogP contribution in [-0.2, 0) is 0 Å². The van der Waals surface area contributed by atoms with E-state index in [2.05, 4.69) is 0 Å². The third kappa shape index (κ3) is 3.01. The minimum atomic E-state index is -1.53. The van der Waals surface area contributed by atoms with Gasteiger partial charge in [-0.3, -0.25) is 0 Å². The Balaban J connectivity index is 2.51. The second-order valence-electron chi connectivity index (χ2n) is 3.82. The summed E-state index contributed by atoms with van der Waals surface area (Å²) < 4.78 is 0.891. The smallest absolute Gasteiger partial charge is 0.477 e. The number of rotatable bonds is 4. The number of thioether (sulfide) groups is 1. The van der Waals surface area contributed by atoms with Gasteiger partial charge in [0.1, 0.15) is 4.88 Å². The van der Waals surface area contributed by atoms with E-state index >= 15 is 0 Å². The van der Waals surface area contributed by atoms with Crippen molar-refractivity contribution in [2.24, 2.45) is 0 Å². The minimum absolute atomic E-state index is 0.273. The fraction of sp³-hybridized carbons (Fsp3) is 0.0833. The molecule has 0 atom stereocenters. The Morgan fingerprint density at radius 2 is 2.05 bits per heavy atom. The molecule has 19 heavy (non-hydrogen) atoms. The lowest BCUT2D eigenvalue weighted by molar-refractivity contribution is 0.0702. The molecule has 1 aromatic heterocycles. The molecule has 1 aromatic carbocycles. The van der Waals surface area contributed by atoms with Gasteiger partial charge in [0.15, 0.2) is 0 Å². The van der Waals surface area contributed by atoms with Crippen molar-refractivity contribution >= 4 is 41.6 Å². The Bertz CT molecular complexity index is 610. The van der Waals surface area contributed by atoms with Crippen LogP contribution in [0.3, 0.4) is 0 Å². The van der Waals surface area contributed by atoms with Gasteiger partial charge in [-0.2, -0.15) is 0 Å². The molecule has 0 fully saturated rings. The molecule has 2 rings (SSSR count). The zero-order chi connectivity index (χ0) is 14.0. The maximum absolute atomic E-state index is 11.0. The second-order valence-corrected chi connectivity index (χ2v) is 5.95. The number of carboxylic acids is 1. The number of carbonyl (C=O) groups is 1. The van der Waals surface area contributed by atoms with Gasteiger partial charge >= 0.3 is 13.1 Å². The van der Waals surface area contributed by atoms with Crippen LogP contribution in [0.5, 0.6) is 0 Å². The number of hydrogen-bond donors (Lipinski definition) is 3. The highest BCUT2D eigenvalue weighted by atomic mass is 32.2. The topological polar surface area (TPSA) is 77.8 Å². The first-order chi connectivity index (χ1) is 9.02. The molecule has 0 aliphatic heterocycles. The lowest BCUT2D eigenvalue weighted by Gasteiger charge is -2.04. The quantitative estimate of drug-likeness (QED) is 0.588. The number of hydrogen-bond acceptors (Lipinski definition) is 5. The molecule has 0 aliphatic rings. The summed E-state index contributed by atoms with van der Waals surface area (Å²) in [6.07, 6.45) is 1.88. The number of carboxylic acid groups (broad SMARTS) is 1. The second kappa shape index (κ2) is 5.79. The van der Waals surface area contributed by atoms with E-state index in [0.717, 1.165) is 15.3 Å². The highest BCUT2D eigenvalue weighted by Gasteiger charge is 2.17. The molecule has 0 aliphatic carbocycles. The van der Waals surface area contributed by atoms with Crippen LogP contribution in [-0.4, -0.2) is 34.5 Å². The summed E-state index contributed by atoms with van der Waals surface area (Å²) in [4.78, 5) is 11.3. The summed E-state index contributed by atoms with van der Waals surface area (Å²) in [6, 6.07) is 8.41. The van der Waals surface area contributed by atoms with Crippen molar-refractivity contribution in [1.82, 2.24) is 0 Å². The predicted octanol–water partition coefficient (Wildman–Crippen LogP) is 1.51. The largest absolute Gasteiger partial charge is 0.488 e. The van der Waals surface area contributed by atoms with Crippen LogP contribution in [0.15, 0.2) is 34.5 Å². The lowest BCUT2D eigenvalue weighted by atomic mass is 9.79. The third-order valence-electron chi connectivity index (χ3n) is 2.59. The van der Waals surface area contributed by atoms with Gasteiger partial charge in [0.05, 0.1) is 4.21 Å². The zero-order valence-electron chi connectivity index (χ0n) is 10.0. The van der Waals surface area contributed by atoms with Crippen LogP contribution in [0.4, 0.5) is 0 Å². The van der Waals surface area contributed by atoms with Gasteiger partial charge in [0.2, 0.25) is 0 Å². The fourth-order valence-electron chi connectivity index (χ4n) is 1.70. The van der Waals surface area contributed by atoms with Gasteiger partial charge in [0, 0.05) is 5.56 Å². The van der Waals surface area contributed by atoms with E-state index in [0.29, 0.717) is 5.46 Å². The van der Waals surface area contributed by atoms with E-state index in [1.807, 2.05) is 12.3 Å². The molecule has 1 heterocycles. The predicted molar refractivity (Wildman–Crippen MR) is 78.3 cm³/mol. The molecule has 0 saturated carbocycles. The van der Waals surface area contributed by atoms with Crippen LogP contribution < -0.4 is 5.46 Å². The maximum atomic E-state index is 11.0. The molecule has 0 radical (unpaired) electrons. The highest BCUT2D eigenvalue weighted by Crippen LogP contribution is 2.37. The van der Waals surface area contributed by atoms with Crippen molar-refractivity contribution in [2.75, 3.05) is 6.26 Å². The molecule has 0 bridgehead atoms. The molecule has 3 N–H and O–H groups in total. The third-order valence-corrected chi connectivity index (χ3v) is 4.85. The van der Waals surface area contributed by atoms with E-state index in [4.69, 9.17) is 5.11 Å². The molecule has 0 saturated heterocycles. The average molecular weight is 294 g/mol. The summed E-state index contributed by atoms with van der Waals surface area (Å²) in [6.45, 7) is 0. The van der Waals surface area contributed by atoms with E-state index in [1.165, 1.54) is 23.1 Å². The summed E-state index contributed by atoms with van der Waals surface area (Å²) in [5.41, 5.74) is 1.96. The van der Waals surface area contributed by atoms with E-state index in [1.54, 1.807) is 24.3 Å². The van der Waals surface area contributed by atoms with Crippen LogP contribution in [0.2, 0.25) is 0 Å². The monoisotopic (exact) mass is 294 g/mol. The standard InChI is InChI=1S/C12H11BO4S2/c1-18-12-9(6-10(19-12)11(14)15)7-3-2-4-8(5-7)13(16)17/h2-6,16-17H,1H3,(H,14,15). The Labute approximate surface area is 118 Å². The summed E-state index contributed by atoms with van der Waals surface area (Å²) in [5.74, 6) is -0.954. The van der Waals surface area contributed by atoms with Crippen molar-refractivity contribution in [3.8, 4) is 11.1 Å². The van der Waals surface area contributed by atoms with E-state index in [9.17, 15) is 14.8 Å². The van der Waals surface area contributed by atoms with Gasteiger partial charge in [0.25, 0.3) is 0 Å². The number of thiophene rings is 1. The van der Waals surface area contributed by atoms with Gasteiger partial charge in [-0.1, -0.05) is 24.3 Å². The molecule has 7 heteroatoms. The van der Waals surface area contributed by atoms with Crippen LogP contribution in [0.1, 0.15) is 9.67 Å². The van der Waals surface area contributed by atoms with Gasteiger partial charge < -0.3 is 15.2 Å². The first kappa shape index (κ1) is 14.1. The minimum Gasteiger partial charge on any atom is -0.477 e. The lowest BCUT2D eigenvalue weighted by Crippen LogP contribution is -2.29. The SMILES string of the molecule is CSc1sc(C(=O)O)cc1-c1cccc(B(O)O)c1. The molecule has 2 aromatic rings. The maximum Gasteiger partial charge on any atom is 0.488 e. The summed E-state index contributed by atoms with van der Waals surface area (Å²) >= 11 is 2.69. The highest BCUT2D eigenvalue weighted by molar-refractivity contribution is 8.00. The first-order valence-corrected chi connectivity index (χ1v) is 7.44. The van der Waals surface area contributed by atoms with Crippen molar-refractivity contribution in [3.63, 3.8) is 0 Å². The summed E-state index contributed by atoms with van der Waals surface area (Å²) in [7, 11) is -1.53. The van der Waals surface area contributed by atoms with Gasteiger partial charge in [-0.05, 0) is 23.3 Å². The molecular weight excluding hydrogens is 283 g/mol. The molecule has 4 nitrogen and oxygen atoms in total. The summed E-state index contributed by atoms with van der Waals surface area (Å²) in [5, 5.41) is 27.4. The van der Waals surface area contributed by atoms with Crippen LogP contribution in [0, 0.1) is 0 Å². The first-order valence-electron chi connectivity index (χ1n) is 5.40. The van der Waals surface area contributed by atoms with Crippen molar-refractivity contribution in [3.05, 3.63) is 35.2 Å². The van der Waals surface area contributed by atoms with Crippen LogP contribution >= 0.6 is 23.1 Å². The molecule has 0 unspecified atom stereocenters. The van der Waals surface area contributed by atoms with Gasteiger partial charge in [-0.15, -0.1) is 23.1 Å². The van der Waals surface area contributed by atoms with Crippen molar-refractivity contribution in [1.29, 1.82) is 0 Å². The van der Waals surface area contributed by atoms with Crippen molar-refractivity contribution < 1.29 is 19.9 Å². The normalized spacial score (nSPS) is 10.5. The molecule has 98 valence electrons. The Morgan fingerprint density at radius 1 is 1.32 bits per heavy atom. The number of aromatic carboxylic acids is 1. The fourth-order valence-corrected chi connectivity index (χ4v) is 3.45. The van der Waals surface area contributed by atoms with Crippen molar-refractivity contribution in [2.45, 2.75) is 4.21 Å². The Kier molecular flexibility index (Phi) is 4.31. The molecular formula is C12H11BO4S2. The van der Waals surface area contributed by atoms with E-state index < -0.39 is 13.1 Å². The van der Waals surface area contributed by atoms with Crippen LogP contribution in [0.25, 0.3) is 11.1 Å². The average Bonchev–Trinajstić information content (AvgIpc) is 2.83. The molecule has 0 amide bonds. The van der Waals surface area contributed by atoms with E-state index in [-0.39, 0.29) is 4.88 Å². The molecule has 0 spiro atoms. The van der Waals surface area contributed by atoms with Gasteiger partial charge in [-0.25, -0.2) is 4.79 Å². The Hall–Kier alpha value is -1.28. The zero-order valence-corrected chi connectivity index (χ0v) is 11.7. The Morgan fingerprint density at radius 3 is 2.63 bits per heavy atom.